The van der Waals surface area contributed by atoms with Crippen molar-refractivity contribution in [2.24, 2.45) is 0 Å². The number of ether oxygens (including phenoxy) is 1. The van der Waals surface area contributed by atoms with Gasteiger partial charge in [0, 0.05) is 35.0 Å². The van der Waals surface area contributed by atoms with Gasteiger partial charge in [0.05, 0.1) is 13.2 Å². The molecule has 24 heavy (non-hydrogen) atoms. The van der Waals surface area contributed by atoms with Gasteiger partial charge in [0.1, 0.15) is 5.69 Å². The number of rotatable bonds is 3. The fourth-order valence-corrected chi connectivity index (χ4v) is 2.79. The molecule has 1 aliphatic rings. The van der Waals surface area contributed by atoms with Gasteiger partial charge in [0.2, 0.25) is 0 Å². The number of nitrogens with one attached hydrogen (secondary N) is 1. The molecule has 124 valence electrons. The van der Waals surface area contributed by atoms with Crippen LogP contribution in [0.5, 0.6) is 0 Å². The zero-order valence-electron chi connectivity index (χ0n) is 12.9. The molecule has 7 heteroatoms. The normalized spacial score (nSPS) is 14.3. The number of hydrogen-bond acceptors (Lipinski definition) is 4. The van der Waals surface area contributed by atoms with Crippen molar-refractivity contribution in [3.63, 3.8) is 0 Å². The summed E-state index contributed by atoms with van der Waals surface area (Å²) in [5.74, 6) is -0.470. The van der Waals surface area contributed by atoms with E-state index >= 15 is 0 Å². The molecular weight excluding hydrogens is 374 g/mol. The van der Waals surface area contributed by atoms with Crippen molar-refractivity contribution in [3.8, 4) is 0 Å². The summed E-state index contributed by atoms with van der Waals surface area (Å²) >= 11 is 3.36. The molecule has 0 aliphatic carbocycles. The van der Waals surface area contributed by atoms with Crippen LogP contribution in [0.15, 0.2) is 47.1 Å². The Morgan fingerprint density at radius 3 is 2.71 bits per heavy atom. The molecule has 0 saturated carbocycles. The van der Waals surface area contributed by atoms with Crippen LogP contribution in [0.1, 0.15) is 20.8 Å². The first-order chi connectivity index (χ1) is 11.6. The van der Waals surface area contributed by atoms with E-state index in [1.807, 2.05) is 12.1 Å². The molecule has 1 aromatic heterocycles. The van der Waals surface area contributed by atoms with Gasteiger partial charge < -0.3 is 15.0 Å². The van der Waals surface area contributed by atoms with Gasteiger partial charge in [-0.1, -0.05) is 22.0 Å². The lowest BCUT2D eigenvalue weighted by Gasteiger charge is -2.26. The third-order valence-corrected chi connectivity index (χ3v) is 4.12. The second kappa shape index (κ2) is 7.55. The van der Waals surface area contributed by atoms with Crippen LogP contribution in [0.4, 0.5) is 5.69 Å². The number of carbonyl (C=O) groups excluding carboxylic acids is 2. The maximum Gasteiger partial charge on any atom is 0.272 e. The van der Waals surface area contributed by atoms with E-state index in [0.29, 0.717) is 37.6 Å². The average molecular weight is 390 g/mol. The van der Waals surface area contributed by atoms with Crippen molar-refractivity contribution in [1.29, 1.82) is 0 Å². The standard InChI is InChI=1S/C17H16BrN3O3/c18-13-2-1-3-14(11-13)20-16(22)12-4-5-19-15(10-12)17(23)21-6-8-24-9-7-21/h1-5,10-11H,6-9H2,(H,20,22). The largest absolute Gasteiger partial charge is 0.378 e. The van der Waals surface area contributed by atoms with Gasteiger partial charge in [-0.3, -0.25) is 14.6 Å². The summed E-state index contributed by atoms with van der Waals surface area (Å²) in [6.07, 6.45) is 1.48. The number of nitrogens with zero attached hydrogens (tertiary/aromatic N) is 2. The molecule has 6 nitrogen and oxygen atoms in total. The van der Waals surface area contributed by atoms with Gasteiger partial charge in [-0.15, -0.1) is 0 Å². The molecule has 1 aliphatic heterocycles. The highest BCUT2D eigenvalue weighted by molar-refractivity contribution is 9.10. The van der Waals surface area contributed by atoms with E-state index in [1.54, 1.807) is 23.1 Å². The van der Waals surface area contributed by atoms with Crippen molar-refractivity contribution in [2.75, 3.05) is 31.6 Å². The number of anilines is 1. The molecule has 0 atom stereocenters. The predicted octanol–water partition coefficient (Wildman–Crippen LogP) is 2.57. The summed E-state index contributed by atoms with van der Waals surface area (Å²) in [7, 11) is 0. The Labute approximate surface area is 148 Å². The summed E-state index contributed by atoms with van der Waals surface area (Å²) in [6.45, 7) is 2.12. The van der Waals surface area contributed by atoms with E-state index in [0.717, 1.165) is 4.47 Å². The zero-order chi connectivity index (χ0) is 16.9. The van der Waals surface area contributed by atoms with Gasteiger partial charge in [0.25, 0.3) is 11.8 Å². The highest BCUT2D eigenvalue weighted by atomic mass is 79.9. The van der Waals surface area contributed by atoms with Crippen molar-refractivity contribution >= 4 is 33.4 Å². The third-order valence-electron chi connectivity index (χ3n) is 3.62. The van der Waals surface area contributed by atoms with Gasteiger partial charge in [-0.05, 0) is 30.3 Å². The van der Waals surface area contributed by atoms with E-state index in [9.17, 15) is 9.59 Å². The lowest BCUT2D eigenvalue weighted by atomic mass is 10.2. The number of morpholine rings is 1. The Balaban J connectivity index is 1.74. The van der Waals surface area contributed by atoms with Crippen LogP contribution in [-0.4, -0.2) is 48.0 Å². The van der Waals surface area contributed by atoms with Gasteiger partial charge >= 0.3 is 0 Å². The number of carbonyl (C=O) groups is 2. The van der Waals surface area contributed by atoms with Crippen molar-refractivity contribution < 1.29 is 14.3 Å². The molecule has 2 heterocycles. The smallest absolute Gasteiger partial charge is 0.272 e. The third kappa shape index (κ3) is 3.98. The SMILES string of the molecule is O=C(Nc1cccc(Br)c1)c1ccnc(C(=O)N2CCOCC2)c1. The number of benzene rings is 1. The van der Waals surface area contributed by atoms with Crippen LogP contribution in [0.2, 0.25) is 0 Å². The molecule has 1 N–H and O–H groups in total. The highest BCUT2D eigenvalue weighted by Crippen LogP contribution is 2.17. The Hall–Kier alpha value is -2.25. The molecule has 2 aromatic rings. The molecule has 0 radical (unpaired) electrons. The van der Waals surface area contributed by atoms with Gasteiger partial charge in [0.15, 0.2) is 0 Å². The lowest BCUT2D eigenvalue weighted by Crippen LogP contribution is -2.41. The molecule has 1 saturated heterocycles. The molecular formula is C17H16BrN3O3. The van der Waals surface area contributed by atoms with E-state index in [1.165, 1.54) is 12.3 Å². The van der Waals surface area contributed by atoms with Crippen LogP contribution in [0, 0.1) is 0 Å². The molecule has 0 unspecified atom stereocenters. The minimum atomic E-state index is -0.286. The van der Waals surface area contributed by atoms with Crippen LogP contribution in [0.25, 0.3) is 0 Å². The minimum absolute atomic E-state index is 0.185. The van der Waals surface area contributed by atoms with Crippen LogP contribution < -0.4 is 5.32 Å². The van der Waals surface area contributed by atoms with Gasteiger partial charge in [-0.2, -0.15) is 0 Å². The Morgan fingerprint density at radius 1 is 1.17 bits per heavy atom. The van der Waals surface area contributed by atoms with Crippen LogP contribution in [-0.2, 0) is 4.74 Å². The summed E-state index contributed by atoms with van der Waals surface area (Å²) < 4.78 is 6.11. The summed E-state index contributed by atoms with van der Waals surface area (Å²) in [6, 6.07) is 10.4. The number of hydrogen-bond donors (Lipinski definition) is 1. The maximum absolute atomic E-state index is 12.4. The first-order valence-electron chi connectivity index (χ1n) is 7.53. The van der Waals surface area contributed by atoms with E-state index < -0.39 is 0 Å². The maximum atomic E-state index is 12.4. The van der Waals surface area contributed by atoms with E-state index in [-0.39, 0.29) is 17.5 Å². The molecule has 3 rings (SSSR count). The summed E-state index contributed by atoms with van der Waals surface area (Å²) in [4.78, 5) is 30.6. The van der Waals surface area contributed by atoms with Crippen LogP contribution in [0.3, 0.4) is 0 Å². The molecule has 1 aromatic carbocycles. The average Bonchev–Trinajstić information content (AvgIpc) is 2.62. The lowest BCUT2D eigenvalue weighted by molar-refractivity contribution is 0.0299. The predicted molar refractivity (Wildman–Crippen MR) is 93.1 cm³/mol. The first kappa shape index (κ1) is 16.6. The second-order valence-corrected chi connectivity index (χ2v) is 6.21. The van der Waals surface area contributed by atoms with Gasteiger partial charge in [-0.25, -0.2) is 0 Å². The second-order valence-electron chi connectivity index (χ2n) is 5.30. The number of halogens is 1. The van der Waals surface area contributed by atoms with Crippen molar-refractivity contribution in [3.05, 3.63) is 58.3 Å². The number of amides is 2. The Bertz CT molecular complexity index is 760. The highest BCUT2D eigenvalue weighted by Gasteiger charge is 2.20. The van der Waals surface area contributed by atoms with Crippen LogP contribution >= 0.6 is 15.9 Å². The number of pyridine rings is 1. The molecule has 0 spiro atoms. The summed E-state index contributed by atoms with van der Waals surface area (Å²) in [5, 5.41) is 2.80. The monoisotopic (exact) mass is 389 g/mol. The zero-order valence-corrected chi connectivity index (χ0v) is 14.5. The fourth-order valence-electron chi connectivity index (χ4n) is 2.39. The Morgan fingerprint density at radius 2 is 1.96 bits per heavy atom. The molecule has 0 bridgehead atoms. The number of aromatic nitrogens is 1. The minimum Gasteiger partial charge on any atom is -0.378 e. The fraction of sp³-hybridized carbons (Fsp3) is 0.235. The van der Waals surface area contributed by atoms with Crippen molar-refractivity contribution in [1.82, 2.24) is 9.88 Å². The quantitative estimate of drug-likeness (QED) is 0.875. The first-order valence-corrected chi connectivity index (χ1v) is 8.33. The summed E-state index contributed by atoms with van der Waals surface area (Å²) in [5.41, 5.74) is 1.33. The van der Waals surface area contributed by atoms with E-state index in [4.69, 9.17) is 4.74 Å². The molecule has 1 fully saturated rings. The topological polar surface area (TPSA) is 71.5 Å². The molecule has 2 amide bonds. The van der Waals surface area contributed by atoms with Crippen molar-refractivity contribution in [2.45, 2.75) is 0 Å². The Kier molecular flexibility index (Phi) is 5.22. The van der Waals surface area contributed by atoms with E-state index in [2.05, 4.69) is 26.2 Å².